The van der Waals surface area contributed by atoms with Crippen LogP contribution in [0.2, 0.25) is 0 Å². The summed E-state index contributed by atoms with van der Waals surface area (Å²) in [5.74, 6) is -0.469. The molecule has 0 radical (unpaired) electrons. The number of rotatable bonds is 2. The lowest BCUT2D eigenvalue weighted by Crippen LogP contribution is -2.29. The van der Waals surface area contributed by atoms with E-state index in [0.29, 0.717) is 0 Å². The van der Waals surface area contributed by atoms with Crippen LogP contribution in [0.25, 0.3) is 0 Å². The number of carbonyl (C=O) groups excluding carboxylic acids is 1. The maximum atomic E-state index is 12.5. The van der Waals surface area contributed by atoms with Crippen molar-refractivity contribution < 1.29 is 13.2 Å². The molecule has 1 heterocycles. The molecule has 0 atom stereocenters. The number of sulfonamides is 1. The summed E-state index contributed by atoms with van der Waals surface area (Å²) < 4.78 is 27.6. The van der Waals surface area contributed by atoms with E-state index in [-0.39, 0.29) is 17.0 Å². The SMILES string of the molecule is O=C1c2cc(I)ccc2S(=O)(=O)N1Cc1cccc(Br)c1. The first-order chi connectivity index (χ1) is 9.89. The smallest absolute Gasteiger partial charge is 0.268 e. The first-order valence-electron chi connectivity index (χ1n) is 6.00. The lowest BCUT2D eigenvalue weighted by atomic mass is 10.2. The Kier molecular flexibility index (Phi) is 3.83. The highest BCUT2D eigenvalue weighted by Gasteiger charge is 2.41. The Labute approximate surface area is 144 Å². The van der Waals surface area contributed by atoms with Crippen LogP contribution in [-0.4, -0.2) is 18.6 Å². The predicted octanol–water partition coefficient (Wildman–Crippen LogP) is 3.40. The average molecular weight is 478 g/mol. The highest BCUT2D eigenvalue weighted by molar-refractivity contribution is 14.1. The monoisotopic (exact) mass is 477 g/mol. The van der Waals surface area contributed by atoms with Gasteiger partial charge in [0.2, 0.25) is 0 Å². The zero-order valence-corrected chi connectivity index (χ0v) is 15.1. The zero-order valence-electron chi connectivity index (χ0n) is 10.6. The van der Waals surface area contributed by atoms with E-state index in [1.165, 1.54) is 6.07 Å². The number of amides is 1. The van der Waals surface area contributed by atoms with Gasteiger partial charge in [0, 0.05) is 8.04 Å². The number of nitrogens with zero attached hydrogens (tertiary/aromatic N) is 1. The Morgan fingerprint density at radius 3 is 2.62 bits per heavy atom. The van der Waals surface area contributed by atoms with E-state index in [1.807, 2.05) is 12.1 Å². The van der Waals surface area contributed by atoms with E-state index in [2.05, 4.69) is 38.5 Å². The van der Waals surface area contributed by atoms with Gasteiger partial charge in [-0.15, -0.1) is 0 Å². The predicted molar refractivity (Wildman–Crippen MR) is 90.4 cm³/mol. The van der Waals surface area contributed by atoms with Crippen molar-refractivity contribution >= 4 is 54.5 Å². The van der Waals surface area contributed by atoms with Gasteiger partial charge in [-0.3, -0.25) is 4.79 Å². The fourth-order valence-corrected chi connectivity index (χ4v) is 4.69. The van der Waals surface area contributed by atoms with Crippen LogP contribution in [0.5, 0.6) is 0 Å². The summed E-state index contributed by atoms with van der Waals surface area (Å²) in [6.07, 6.45) is 0. The molecule has 3 rings (SSSR count). The second-order valence-corrected chi connectivity index (χ2v) is 8.58. The molecule has 0 saturated heterocycles. The minimum atomic E-state index is -3.76. The standard InChI is InChI=1S/C14H9BrINO3S/c15-10-3-1-2-9(6-10)8-17-14(18)12-7-11(16)4-5-13(12)21(17,19)20/h1-7H,8H2. The fourth-order valence-electron chi connectivity index (χ4n) is 2.21. The van der Waals surface area contributed by atoms with Crippen molar-refractivity contribution in [2.24, 2.45) is 0 Å². The molecule has 7 heteroatoms. The van der Waals surface area contributed by atoms with E-state index in [0.717, 1.165) is 17.9 Å². The molecule has 0 bridgehead atoms. The van der Waals surface area contributed by atoms with Crippen molar-refractivity contribution in [2.75, 3.05) is 0 Å². The molecule has 21 heavy (non-hydrogen) atoms. The molecule has 0 spiro atoms. The summed E-state index contributed by atoms with van der Waals surface area (Å²) in [5.41, 5.74) is 1.00. The van der Waals surface area contributed by atoms with E-state index in [1.54, 1.807) is 24.3 Å². The van der Waals surface area contributed by atoms with Gasteiger partial charge in [-0.1, -0.05) is 28.1 Å². The van der Waals surface area contributed by atoms with Crippen LogP contribution >= 0.6 is 38.5 Å². The number of hydrogen-bond donors (Lipinski definition) is 0. The Morgan fingerprint density at radius 2 is 1.90 bits per heavy atom. The summed E-state index contributed by atoms with van der Waals surface area (Å²) >= 11 is 5.40. The third-order valence-corrected chi connectivity index (χ3v) is 6.13. The summed E-state index contributed by atoms with van der Waals surface area (Å²) in [4.78, 5) is 12.5. The zero-order chi connectivity index (χ0) is 15.2. The number of fused-ring (bicyclic) bond motifs is 1. The molecule has 1 aliphatic rings. The van der Waals surface area contributed by atoms with E-state index >= 15 is 0 Å². The molecule has 0 fully saturated rings. The van der Waals surface area contributed by atoms with Crippen molar-refractivity contribution in [1.29, 1.82) is 0 Å². The first-order valence-corrected chi connectivity index (χ1v) is 9.32. The second kappa shape index (κ2) is 5.36. The highest BCUT2D eigenvalue weighted by Crippen LogP contribution is 2.32. The topological polar surface area (TPSA) is 54.5 Å². The molecule has 0 N–H and O–H groups in total. The molecule has 0 unspecified atom stereocenters. The molecule has 1 aliphatic heterocycles. The van der Waals surface area contributed by atoms with Gasteiger partial charge in [0.05, 0.1) is 12.1 Å². The summed E-state index contributed by atoms with van der Waals surface area (Å²) in [6, 6.07) is 12.0. The van der Waals surface area contributed by atoms with Crippen molar-refractivity contribution in [2.45, 2.75) is 11.4 Å². The third-order valence-electron chi connectivity index (χ3n) is 3.18. The molecule has 2 aromatic rings. The van der Waals surface area contributed by atoms with E-state index in [4.69, 9.17) is 0 Å². The minimum Gasteiger partial charge on any atom is -0.268 e. The van der Waals surface area contributed by atoms with Crippen LogP contribution in [0.4, 0.5) is 0 Å². The molecule has 108 valence electrons. The average Bonchev–Trinajstić information content (AvgIpc) is 2.60. The lowest BCUT2D eigenvalue weighted by Gasteiger charge is -2.15. The molecule has 1 amide bonds. The van der Waals surface area contributed by atoms with Gasteiger partial charge in [-0.05, 0) is 58.5 Å². The molecular formula is C14H9BrINO3S. The highest BCUT2D eigenvalue weighted by atomic mass is 127. The number of benzene rings is 2. The Hall–Kier alpha value is -0.930. The normalized spacial score (nSPS) is 16.1. The minimum absolute atomic E-state index is 0.0336. The fraction of sp³-hybridized carbons (Fsp3) is 0.0714. The number of halogens is 2. The van der Waals surface area contributed by atoms with Gasteiger partial charge < -0.3 is 0 Å². The summed E-state index contributed by atoms with van der Waals surface area (Å²) in [5, 5.41) is 0. The van der Waals surface area contributed by atoms with Crippen LogP contribution in [0, 0.1) is 3.57 Å². The van der Waals surface area contributed by atoms with Crippen LogP contribution < -0.4 is 0 Å². The largest absolute Gasteiger partial charge is 0.269 e. The van der Waals surface area contributed by atoms with Crippen molar-refractivity contribution in [3.05, 3.63) is 61.6 Å². The van der Waals surface area contributed by atoms with Gasteiger partial charge in [0.1, 0.15) is 4.90 Å². The maximum absolute atomic E-state index is 12.5. The van der Waals surface area contributed by atoms with Crippen molar-refractivity contribution in [1.82, 2.24) is 4.31 Å². The van der Waals surface area contributed by atoms with Gasteiger partial charge in [0.15, 0.2) is 0 Å². The van der Waals surface area contributed by atoms with Crippen LogP contribution in [-0.2, 0) is 16.6 Å². The van der Waals surface area contributed by atoms with Crippen molar-refractivity contribution in [3.8, 4) is 0 Å². The lowest BCUT2D eigenvalue weighted by molar-refractivity contribution is 0.0865. The Balaban J connectivity index is 2.04. The van der Waals surface area contributed by atoms with Crippen molar-refractivity contribution in [3.63, 3.8) is 0 Å². The first kappa shape index (κ1) is 15.0. The molecule has 4 nitrogen and oxygen atoms in total. The molecule has 0 saturated carbocycles. The van der Waals surface area contributed by atoms with Gasteiger partial charge in [0.25, 0.3) is 15.9 Å². The molecule has 2 aromatic carbocycles. The second-order valence-electron chi connectivity index (χ2n) is 4.59. The van der Waals surface area contributed by atoms with Gasteiger partial charge >= 0.3 is 0 Å². The third kappa shape index (κ3) is 2.62. The van der Waals surface area contributed by atoms with Crippen LogP contribution in [0.1, 0.15) is 15.9 Å². The Morgan fingerprint density at radius 1 is 1.14 bits per heavy atom. The Bertz CT molecular complexity index is 851. The molecule has 0 aliphatic carbocycles. The van der Waals surface area contributed by atoms with Gasteiger partial charge in [-0.25, -0.2) is 12.7 Å². The van der Waals surface area contributed by atoms with Crippen LogP contribution in [0.15, 0.2) is 51.8 Å². The quantitative estimate of drug-likeness (QED) is 0.623. The number of hydrogen-bond acceptors (Lipinski definition) is 3. The summed E-state index contributed by atoms with van der Waals surface area (Å²) in [6.45, 7) is 0.0336. The molecular weight excluding hydrogens is 469 g/mol. The van der Waals surface area contributed by atoms with Gasteiger partial charge in [-0.2, -0.15) is 0 Å². The summed E-state index contributed by atoms with van der Waals surface area (Å²) in [7, 11) is -3.76. The van der Waals surface area contributed by atoms with E-state index < -0.39 is 15.9 Å². The maximum Gasteiger partial charge on any atom is 0.269 e. The van der Waals surface area contributed by atoms with E-state index in [9.17, 15) is 13.2 Å². The van der Waals surface area contributed by atoms with Crippen LogP contribution in [0.3, 0.4) is 0 Å². The molecule has 0 aromatic heterocycles. The number of carbonyl (C=O) groups is 1.